The molecule has 1 saturated heterocycles. The van der Waals surface area contributed by atoms with E-state index in [4.69, 9.17) is 18.9 Å². The highest BCUT2D eigenvalue weighted by Gasteiger charge is 2.50. The second-order valence-corrected chi connectivity index (χ2v) is 17.9. The molecule has 0 saturated carbocycles. The number of carbonyl (C=O) groups excluding carboxylic acids is 3. The zero-order chi connectivity index (χ0) is 47.7. The standard InChI is InChI=1S/C49H62FN3O12/c1-25-11-10-12-26(2)48(61)51-39-34(24-53-20-18-52(19-21-53)23-32-13-15-33(50)16-14-32)43(58)36-37(44(39)59)42(57)30(6)46-38(36)47(60)49(8,65-46)63-22-17-35(62-9)27(3)45(64-31(7)54)29(5)41(56)28(4)40(25)55/h10-17,22,25,27-29,35,40-41,45,55-59H,18-21,23-24H2,1-9H3,(H,51,61)/b11-10+,22-17+,26-12-/t25-,27+,28+,29+,35-,40-,41+,45+,49-/m0/s1. The number of hydrogen-bond acceptors (Lipinski definition) is 14. The molecule has 4 heterocycles. The number of phenolic OH excluding ortho intramolecular Hbond substituents is 3. The van der Waals surface area contributed by atoms with Gasteiger partial charge < -0.3 is 49.8 Å². The second-order valence-electron chi connectivity index (χ2n) is 17.9. The number of anilines is 1. The lowest BCUT2D eigenvalue weighted by Gasteiger charge is -2.38. The minimum Gasteiger partial charge on any atom is -0.507 e. The smallest absolute Gasteiger partial charge is 0.312 e. The van der Waals surface area contributed by atoms with Crippen molar-refractivity contribution < 1.29 is 63.3 Å². The number of methoxy groups -OCH3 is 1. The van der Waals surface area contributed by atoms with Crippen molar-refractivity contribution in [2.24, 2.45) is 23.7 Å². The molecule has 4 aliphatic rings. The third kappa shape index (κ3) is 10.0. The summed E-state index contributed by atoms with van der Waals surface area (Å²) in [6.45, 7) is 15.4. The number of carbonyl (C=O) groups is 3. The number of aliphatic hydroxyl groups excluding tert-OH is 2. The van der Waals surface area contributed by atoms with Gasteiger partial charge in [-0.2, -0.15) is 0 Å². The van der Waals surface area contributed by atoms with E-state index in [0.29, 0.717) is 32.7 Å². The fourth-order valence-corrected chi connectivity index (χ4v) is 9.12. The third-order valence-corrected chi connectivity index (χ3v) is 13.3. The lowest BCUT2D eigenvalue weighted by atomic mass is 9.78. The van der Waals surface area contributed by atoms with E-state index in [1.54, 1.807) is 58.9 Å². The van der Waals surface area contributed by atoms with Crippen LogP contribution in [0.4, 0.5) is 10.1 Å². The third-order valence-electron chi connectivity index (χ3n) is 13.3. The van der Waals surface area contributed by atoms with Gasteiger partial charge in [0.2, 0.25) is 0 Å². The summed E-state index contributed by atoms with van der Waals surface area (Å²) in [6.07, 6.45) is 3.58. The van der Waals surface area contributed by atoms with Gasteiger partial charge in [-0.15, -0.1) is 0 Å². The molecular weight excluding hydrogens is 842 g/mol. The summed E-state index contributed by atoms with van der Waals surface area (Å²) in [5.41, 5.74) is 0.952. The van der Waals surface area contributed by atoms with Gasteiger partial charge in [0.05, 0.1) is 41.2 Å². The van der Waals surface area contributed by atoms with Crippen LogP contribution in [-0.2, 0) is 36.9 Å². The monoisotopic (exact) mass is 903 g/mol. The van der Waals surface area contributed by atoms with E-state index in [1.807, 2.05) is 4.90 Å². The average Bonchev–Trinajstić information content (AvgIpc) is 3.54. The maximum Gasteiger partial charge on any atom is 0.312 e. The number of Topliss-reactive ketones (excluding diaryl/α,β-unsaturated/α-hetero) is 1. The van der Waals surface area contributed by atoms with Crippen molar-refractivity contribution in [3.05, 3.63) is 88.5 Å². The Morgan fingerprint density at radius 1 is 0.877 bits per heavy atom. The molecule has 3 aromatic rings. The molecule has 1 fully saturated rings. The molecule has 0 aromatic heterocycles. The van der Waals surface area contributed by atoms with Crippen molar-refractivity contribution in [1.82, 2.24) is 9.80 Å². The molecule has 16 heteroatoms. The van der Waals surface area contributed by atoms with E-state index in [0.717, 1.165) is 5.56 Å². The Kier molecular flexibility index (Phi) is 15.0. The van der Waals surface area contributed by atoms with Gasteiger partial charge in [-0.25, -0.2) is 4.39 Å². The number of allylic oxidation sites excluding steroid dienone is 2. The van der Waals surface area contributed by atoms with E-state index < -0.39 is 88.8 Å². The number of nitrogens with one attached hydrogen (secondary N) is 1. The van der Waals surface area contributed by atoms with Crippen LogP contribution in [0.25, 0.3) is 10.8 Å². The van der Waals surface area contributed by atoms with Crippen LogP contribution < -0.4 is 10.1 Å². The first-order chi connectivity index (χ1) is 30.7. The number of piperazine rings is 1. The van der Waals surface area contributed by atoms with Crippen molar-refractivity contribution in [3.63, 3.8) is 0 Å². The highest BCUT2D eigenvalue weighted by molar-refractivity contribution is 6.22. The number of ether oxygens (including phenoxy) is 4. The van der Waals surface area contributed by atoms with Crippen molar-refractivity contribution in [2.75, 3.05) is 38.6 Å². The number of ketones is 1. The molecule has 352 valence electrons. The Morgan fingerprint density at radius 2 is 1.51 bits per heavy atom. The molecule has 15 nitrogen and oxygen atoms in total. The van der Waals surface area contributed by atoms with Crippen LogP contribution in [-0.4, -0.2) is 116 Å². The summed E-state index contributed by atoms with van der Waals surface area (Å²) in [6, 6.07) is 6.31. The number of fused-ring (bicyclic) bond motifs is 14. The van der Waals surface area contributed by atoms with Crippen LogP contribution in [0.3, 0.4) is 0 Å². The minimum atomic E-state index is -2.05. The highest BCUT2D eigenvalue weighted by Crippen LogP contribution is 2.55. The number of phenols is 3. The van der Waals surface area contributed by atoms with Crippen molar-refractivity contribution in [1.29, 1.82) is 0 Å². The summed E-state index contributed by atoms with van der Waals surface area (Å²) in [5, 5.41) is 61.4. The first-order valence-corrected chi connectivity index (χ1v) is 21.9. The molecule has 6 N–H and O–H groups in total. The number of amides is 1. The summed E-state index contributed by atoms with van der Waals surface area (Å²) < 4.78 is 37.3. The predicted molar refractivity (Wildman–Crippen MR) is 241 cm³/mol. The maximum absolute atomic E-state index is 14.6. The maximum atomic E-state index is 14.6. The molecular formula is C49H62FN3O12. The molecule has 9 atom stereocenters. The van der Waals surface area contributed by atoms with Gasteiger partial charge >= 0.3 is 11.8 Å². The lowest BCUT2D eigenvalue weighted by molar-refractivity contribution is -0.160. The Labute approximate surface area is 378 Å². The van der Waals surface area contributed by atoms with Crippen LogP contribution >= 0.6 is 0 Å². The lowest BCUT2D eigenvalue weighted by Crippen LogP contribution is -2.46. The van der Waals surface area contributed by atoms with E-state index in [2.05, 4.69) is 10.2 Å². The Bertz CT molecular complexity index is 2380. The Morgan fingerprint density at radius 3 is 2.12 bits per heavy atom. The highest BCUT2D eigenvalue weighted by atomic mass is 19.1. The van der Waals surface area contributed by atoms with E-state index in [9.17, 15) is 44.3 Å². The van der Waals surface area contributed by atoms with Gasteiger partial charge in [0.15, 0.2) is 5.75 Å². The van der Waals surface area contributed by atoms with Crippen molar-refractivity contribution in [2.45, 2.75) is 98.7 Å². The topological polar surface area (TPSA) is 208 Å². The van der Waals surface area contributed by atoms with E-state index in [-0.39, 0.29) is 56.8 Å². The van der Waals surface area contributed by atoms with Gasteiger partial charge in [-0.1, -0.05) is 58.1 Å². The molecule has 0 radical (unpaired) electrons. The number of aliphatic hydroxyl groups is 2. The molecule has 5 bridgehead atoms. The quantitative estimate of drug-likeness (QED) is 0.0924. The predicted octanol–water partition coefficient (Wildman–Crippen LogP) is 6.21. The molecule has 65 heavy (non-hydrogen) atoms. The summed E-state index contributed by atoms with van der Waals surface area (Å²) >= 11 is 0. The van der Waals surface area contributed by atoms with Crippen LogP contribution in [0, 0.1) is 36.4 Å². The fourth-order valence-electron chi connectivity index (χ4n) is 9.12. The number of benzene rings is 3. The van der Waals surface area contributed by atoms with E-state index in [1.165, 1.54) is 58.4 Å². The van der Waals surface area contributed by atoms with Crippen molar-refractivity contribution in [3.8, 4) is 23.0 Å². The Balaban J connectivity index is 1.45. The Hall–Kier alpha value is -5.52. The van der Waals surface area contributed by atoms with Gasteiger partial charge in [0.25, 0.3) is 11.7 Å². The van der Waals surface area contributed by atoms with E-state index >= 15 is 0 Å². The van der Waals surface area contributed by atoms with Crippen LogP contribution in [0.2, 0.25) is 0 Å². The zero-order valence-electron chi connectivity index (χ0n) is 38.4. The normalized spacial score (nSPS) is 30.3. The SMILES string of the molecule is CO[C@H]1/C=C/O[C@@]2(C)Oc3c(C)c(O)c4c(O)c(c(CN5CCN(Cc6ccc(F)cc6)CC5)c(O)c4c3C2=O)NC(=O)/C(C)=C\C=C\[C@H](C)[C@H](O)[C@@H](C)[C@@H](O)[C@@H](C)[C@H](OC(C)=O)[C@@H]1C. The number of aromatic hydroxyl groups is 3. The fraction of sp³-hybridized carbons (Fsp3) is 0.490. The zero-order valence-corrected chi connectivity index (χ0v) is 38.4. The summed E-state index contributed by atoms with van der Waals surface area (Å²) in [4.78, 5) is 45.1. The van der Waals surface area contributed by atoms with Gasteiger partial charge in [-0.05, 0) is 37.6 Å². The summed E-state index contributed by atoms with van der Waals surface area (Å²) in [7, 11) is 1.44. The summed E-state index contributed by atoms with van der Waals surface area (Å²) in [5.74, 6) is -8.51. The minimum absolute atomic E-state index is 0.00987. The van der Waals surface area contributed by atoms with Crippen molar-refractivity contribution >= 4 is 34.1 Å². The van der Waals surface area contributed by atoms with Gasteiger partial charge in [0.1, 0.15) is 29.2 Å². The molecule has 0 unspecified atom stereocenters. The first-order valence-electron chi connectivity index (χ1n) is 21.9. The number of esters is 1. The molecule has 3 aromatic carbocycles. The molecule has 0 spiro atoms. The number of nitrogens with zero attached hydrogens (tertiary/aromatic N) is 2. The molecule has 4 aliphatic heterocycles. The van der Waals surface area contributed by atoms with Gasteiger partial charge in [0, 0.05) is 106 Å². The molecule has 0 aliphatic carbocycles. The molecule has 7 rings (SSSR count). The largest absolute Gasteiger partial charge is 0.507 e. The number of hydrogen-bond donors (Lipinski definition) is 6. The molecule has 1 amide bonds. The van der Waals surface area contributed by atoms with Crippen LogP contribution in [0.5, 0.6) is 23.0 Å². The number of rotatable bonds is 6. The van der Waals surface area contributed by atoms with Crippen LogP contribution in [0.15, 0.2) is 60.4 Å². The first kappa shape index (κ1) is 48.9. The van der Waals surface area contributed by atoms with Gasteiger partial charge in [-0.3, -0.25) is 24.2 Å². The average molecular weight is 904 g/mol. The van der Waals surface area contributed by atoms with Crippen LogP contribution in [0.1, 0.15) is 75.5 Å². The number of halogens is 1. The second kappa shape index (κ2) is 19.9.